The summed E-state index contributed by atoms with van der Waals surface area (Å²) in [7, 11) is 1.95. The molecule has 1 aliphatic heterocycles. The van der Waals surface area contributed by atoms with Crippen molar-refractivity contribution in [2.24, 2.45) is 5.92 Å². The van der Waals surface area contributed by atoms with Gasteiger partial charge < -0.3 is 10.2 Å². The van der Waals surface area contributed by atoms with Crippen molar-refractivity contribution in [2.45, 2.75) is 6.42 Å². The van der Waals surface area contributed by atoms with Crippen LogP contribution in [0.5, 0.6) is 0 Å². The third-order valence-corrected chi connectivity index (χ3v) is 5.02. The van der Waals surface area contributed by atoms with Gasteiger partial charge in [0, 0.05) is 29.1 Å². The average molecular weight is 336 g/mol. The second kappa shape index (κ2) is 6.77. The molecule has 1 unspecified atom stereocenters. The number of halogens is 1. The van der Waals surface area contributed by atoms with E-state index in [1.807, 2.05) is 41.6 Å². The molecule has 3 rings (SSSR count). The lowest BCUT2D eigenvalue weighted by Gasteiger charge is -2.15. The van der Waals surface area contributed by atoms with Crippen LogP contribution in [0.1, 0.15) is 16.9 Å². The van der Waals surface area contributed by atoms with Gasteiger partial charge in [0.25, 0.3) is 5.91 Å². The Morgan fingerprint density at radius 2 is 2.23 bits per heavy atom. The molecule has 2 heterocycles. The van der Waals surface area contributed by atoms with Crippen molar-refractivity contribution >= 4 is 28.8 Å². The molecule has 0 saturated carbocycles. The summed E-state index contributed by atoms with van der Waals surface area (Å²) in [4.78, 5) is 18.9. The van der Waals surface area contributed by atoms with Crippen molar-refractivity contribution in [3.8, 4) is 10.6 Å². The third kappa shape index (κ3) is 3.32. The highest BCUT2D eigenvalue weighted by molar-refractivity contribution is 7.13. The minimum Gasteiger partial charge on any atom is -0.337 e. The van der Waals surface area contributed by atoms with E-state index in [1.54, 1.807) is 0 Å². The van der Waals surface area contributed by atoms with Gasteiger partial charge in [-0.25, -0.2) is 4.98 Å². The van der Waals surface area contributed by atoms with E-state index in [9.17, 15) is 4.79 Å². The number of nitrogens with zero attached hydrogens (tertiary/aromatic N) is 2. The topological polar surface area (TPSA) is 45.2 Å². The number of likely N-dealkylation sites (tertiary alicyclic amines) is 1. The molecule has 1 saturated heterocycles. The molecule has 1 aliphatic rings. The molecule has 22 heavy (non-hydrogen) atoms. The first-order valence-corrected chi connectivity index (χ1v) is 8.58. The molecule has 1 N–H and O–H groups in total. The monoisotopic (exact) mass is 335 g/mol. The molecular formula is C16H18ClN3OS. The van der Waals surface area contributed by atoms with Crippen LogP contribution in [0, 0.1) is 5.92 Å². The highest BCUT2D eigenvalue weighted by atomic mass is 35.5. The summed E-state index contributed by atoms with van der Waals surface area (Å²) in [6.07, 6.45) is 1.06. The SMILES string of the molecule is CNCC1CCN(C(=O)c2csc(-c3ccc(Cl)cc3)n2)C1. The van der Waals surface area contributed by atoms with Crippen LogP contribution in [-0.4, -0.2) is 42.5 Å². The Balaban J connectivity index is 1.71. The second-order valence-corrected chi connectivity index (χ2v) is 6.80. The zero-order valence-corrected chi connectivity index (χ0v) is 14.0. The molecule has 0 bridgehead atoms. The van der Waals surface area contributed by atoms with E-state index in [4.69, 9.17) is 11.6 Å². The Hall–Kier alpha value is -1.43. The van der Waals surface area contributed by atoms with Crippen LogP contribution < -0.4 is 5.32 Å². The lowest BCUT2D eigenvalue weighted by atomic mass is 10.1. The van der Waals surface area contributed by atoms with Crippen LogP contribution in [0.4, 0.5) is 0 Å². The number of thiazole rings is 1. The van der Waals surface area contributed by atoms with Crippen LogP contribution in [0.15, 0.2) is 29.6 Å². The number of rotatable bonds is 4. The smallest absolute Gasteiger partial charge is 0.273 e. The average Bonchev–Trinajstić information content (AvgIpc) is 3.17. The van der Waals surface area contributed by atoms with Crippen molar-refractivity contribution in [3.05, 3.63) is 40.4 Å². The Morgan fingerprint density at radius 3 is 2.95 bits per heavy atom. The quantitative estimate of drug-likeness (QED) is 0.933. The first-order chi connectivity index (χ1) is 10.7. The van der Waals surface area contributed by atoms with Crippen LogP contribution in [0.2, 0.25) is 5.02 Å². The number of benzene rings is 1. The number of hydrogen-bond donors (Lipinski definition) is 1. The summed E-state index contributed by atoms with van der Waals surface area (Å²) in [5.41, 5.74) is 1.53. The fourth-order valence-electron chi connectivity index (χ4n) is 2.73. The van der Waals surface area contributed by atoms with Gasteiger partial charge in [-0.1, -0.05) is 23.7 Å². The molecule has 6 heteroatoms. The minimum absolute atomic E-state index is 0.0371. The highest BCUT2D eigenvalue weighted by Crippen LogP contribution is 2.26. The van der Waals surface area contributed by atoms with Crippen molar-refractivity contribution in [1.29, 1.82) is 0 Å². The maximum absolute atomic E-state index is 12.5. The van der Waals surface area contributed by atoms with E-state index in [0.717, 1.165) is 36.6 Å². The number of carbonyl (C=O) groups excluding carboxylic acids is 1. The summed E-state index contributed by atoms with van der Waals surface area (Å²) in [6, 6.07) is 7.52. The summed E-state index contributed by atoms with van der Waals surface area (Å²) >= 11 is 7.39. The fraction of sp³-hybridized carbons (Fsp3) is 0.375. The number of aromatic nitrogens is 1. The van der Waals surface area contributed by atoms with Crippen molar-refractivity contribution in [2.75, 3.05) is 26.7 Å². The second-order valence-electron chi connectivity index (χ2n) is 5.51. The molecular weight excluding hydrogens is 318 g/mol. The molecule has 116 valence electrons. The molecule has 0 radical (unpaired) electrons. The molecule has 1 amide bonds. The first-order valence-electron chi connectivity index (χ1n) is 7.32. The number of hydrogen-bond acceptors (Lipinski definition) is 4. The predicted octanol–water partition coefficient (Wildman–Crippen LogP) is 3.15. The molecule has 1 aromatic carbocycles. The van der Waals surface area contributed by atoms with Gasteiger partial charge in [-0.3, -0.25) is 4.79 Å². The summed E-state index contributed by atoms with van der Waals surface area (Å²) in [5, 5.41) is 6.57. The van der Waals surface area contributed by atoms with Gasteiger partial charge in [-0.05, 0) is 38.1 Å². The van der Waals surface area contributed by atoms with E-state index in [0.29, 0.717) is 16.6 Å². The number of amides is 1. The minimum atomic E-state index is 0.0371. The van der Waals surface area contributed by atoms with Gasteiger partial charge in [0.2, 0.25) is 0 Å². The summed E-state index contributed by atoms with van der Waals surface area (Å²) in [6.45, 7) is 2.59. The van der Waals surface area contributed by atoms with E-state index in [-0.39, 0.29) is 5.91 Å². The molecule has 1 fully saturated rings. The normalized spacial score (nSPS) is 17.9. The molecule has 0 aliphatic carbocycles. The molecule has 2 aromatic rings. The van der Waals surface area contributed by atoms with Crippen molar-refractivity contribution < 1.29 is 4.79 Å². The molecule has 4 nitrogen and oxygen atoms in total. The Bertz CT molecular complexity index is 656. The third-order valence-electron chi connectivity index (χ3n) is 3.88. The summed E-state index contributed by atoms with van der Waals surface area (Å²) in [5.74, 6) is 0.582. The van der Waals surface area contributed by atoms with Crippen LogP contribution in [0.3, 0.4) is 0 Å². The van der Waals surface area contributed by atoms with Gasteiger partial charge in [0.1, 0.15) is 10.7 Å². The van der Waals surface area contributed by atoms with Crippen molar-refractivity contribution in [1.82, 2.24) is 15.2 Å². The van der Waals surface area contributed by atoms with Crippen molar-refractivity contribution in [3.63, 3.8) is 0 Å². The van der Waals surface area contributed by atoms with Crippen LogP contribution >= 0.6 is 22.9 Å². The number of nitrogens with one attached hydrogen (secondary N) is 1. The Kier molecular flexibility index (Phi) is 4.76. The zero-order valence-electron chi connectivity index (χ0n) is 12.4. The first kappa shape index (κ1) is 15.5. The maximum Gasteiger partial charge on any atom is 0.273 e. The lowest BCUT2D eigenvalue weighted by molar-refractivity contribution is 0.0782. The molecule has 1 atom stereocenters. The summed E-state index contributed by atoms with van der Waals surface area (Å²) < 4.78 is 0. The van der Waals surface area contributed by atoms with E-state index in [2.05, 4.69) is 10.3 Å². The predicted molar refractivity (Wildman–Crippen MR) is 90.5 cm³/mol. The maximum atomic E-state index is 12.5. The zero-order chi connectivity index (χ0) is 15.5. The van der Waals surface area contributed by atoms with Crippen LogP contribution in [-0.2, 0) is 0 Å². The van der Waals surface area contributed by atoms with Gasteiger partial charge >= 0.3 is 0 Å². The Morgan fingerprint density at radius 1 is 1.45 bits per heavy atom. The van der Waals surface area contributed by atoms with Gasteiger partial charge in [-0.15, -0.1) is 11.3 Å². The van der Waals surface area contributed by atoms with Crippen LogP contribution in [0.25, 0.3) is 10.6 Å². The highest BCUT2D eigenvalue weighted by Gasteiger charge is 2.27. The van der Waals surface area contributed by atoms with Gasteiger partial charge in [-0.2, -0.15) is 0 Å². The van der Waals surface area contributed by atoms with Gasteiger partial charge in [0.15, 0.2) is 0 Å². The van der Waals surface area contributed by atoms with Gasteiger partial charge in [0.05, 0.1) is 0 Å². The van der Waals surface area contributed by atoms with E-state index >= 15 is 0 Å². The molecule has 0 spiro atoms. The Labute approximate surface area is 139 Å². The van der Waals surface area contributed by atoms with E-state index < -0.39 is 0 Å². The van der Waals surface area contributed by atoms with E-state index in [1.165, 1.54) is 11.3 Å². The fourth-order valence-corrected chi connectivity index (χ4v) is 3.66. The standard InChI is InChI=1S/C16H18ClN3OS/c1-18-8-11-6-7-20(9-11)16(21)14-10-22-15(19-14)12-2-4-13(17)5-3-12/h2-5,10-11,18H,6-9H2,1H3. The largest absolute Gasteiger partial charge is 0.337 e. The lowest BCUT2D eigenvalue weighted by Crippen LogP contribution is -2.30. The number of carbonyl (C=O) groups is 1. The molecule has 1 aromatic heterocycles.